The Bertz CT molecular complexity index is 639. The van der Waals surface area contributed by atoms with E-state index in [1.165, 1.54) is 19.3 Å². The highest BCUT2D eigenvalue weighted by molar-refractivity contribution is 5.95. The number of ether oxygens (including phenoxy) is 1. The van der Waals surface area contributed by atoms with Gasteiger partial charge in [0.25, 0.3) is 0 Å². The number of aliphatic hydroxyl groups excluding tert-OH is 1. The Kier molecular flexibility index (Phi) is 5.45. The van der Waals surface area contributed by atoms with Crippen molar-refractivity contribution >= 4 is 5.78 Å². The average molecular weight is 360 g/mol. The van der Waals surface area contributed by atoms with Crippen LogP contribution in [0.5, 0.6) is 5.75 Å². The van der Waals surface area contributed by atoms with Crippen LogP contribution in [0.1, 0.15) is 63.7 Å². The number of carbonyl (C=O) groups is 1. The number of β-amino-alcohol motifs (C(OH)–C–C–N with tert-alkyl or cyclic N) is 1. The maximum atomic E-state index is 11.7. The summed E-state index contributed by atoms with van der Waals surface area (Å²) in [5, 5.41) is 10.5. The number of aliphatic hydroxyl groups is 1. The number of nitrogens with zero attached hydrogens (tertiary/aromatic N) is 1. The van der Waals surface area contributed by atoms with Gasteiger partial charge in [-0.05, 0) is 54.4 Å². The van der Waals surface area contributed by atoms with Gasteiger partial charge in [-0.15, -0.1) is 0 Å². The minimum Gasteiger partial charge on any atom is -0.491 e. The molecule has 1 aliphatic heterocycles. The van der Waals surface area contributed by atoms with E-state index < -0.39 is 6.10 Å². The van der Waals surface area contributed by atoms with Gasteiger partial charge in [-0.25, -0.2) is 0 Å². The van der Waals surface area contributed by atoms with Gasteiger partial charge in [-0.2, -0.15) is 0 Å². The molecule has 0 aromatic heterocycles. The van der Waals surface area contributed by atoms with Crippen molar-refractivity contribution in [3.8, 4) is 5.75 Å². The Hall–Kier alpha value is -1.39. The predicted octanol–water partition coefficient (Wildman–Crippen LogP) is 3.92. The fraction of sp³-hybridized carbons (Fsp3) is 0.682. The van der Waals surface area contributed by atoms with Crippen LogP contribution in [0.15, 0.2) is 24.3 Å². The van der Waals surface area contributed by atoms with Gasteiger partial charge in [0, 0.05) is 31.1 Å². The van der Waals surface area contributed by atoms with Gasteiger partial charge in [0.05, 0.1) is 0 Å². The van der Waals surface area contributed by atoms with Gasteiger partial charge in [-0.3, -0.25) is 9.69 Å². The van der Waals surface area contributed by atoms with Crippen LogP contribution in [-0.4, -0.2) is 47.6 Å². The number of likely N-dealkylation sites (tertiary alicyclic amines) is 1. The maximum Gasteiger partial charge on any atom is 0.162 e. The Morgan fingerprint density at radius 3 is 2.62 bits per heavy atom. The highest BCUT2D eigenvalue weighted by atomic mass is 16.5. The van der Waals surface area contributed by atoms with E-state index in [1.807, 2.05) is 19.1 Å². The molecule has 3 atom stereocenters. The molecule has 4 heteroatoms. The van der Waals surface area contributed by atoms with E-state index >= 15 is 0 Å². The predicted molar refractivity (Wildman–Crippen MR) is 104 cm³/mol. The monoisotopic (exact) mass is 359 g/mol. The lowest BCUT2D eigenvalue weighted by molar-refractivity contribution is 0.0584. The van der Waals surface area contributed by atoms with E-state index in [0.717, 1.165) is 6.54 Å². The molecule has 1 aromatic rings. The lowest BCUT2D eigenvalue weighted by Crippen LogP contribution is -2.39. The molecule has 2 fully saturated rings. The second kappa shape index (κ2) is 7.32. The van der Waals surface area contributed by atoms with Crippen molar-refractivity contribution in [1.29, 1.82) is 0 Å². The number of hydrogen-bond acceptors (Lipinski definition) is 4. The first-order valence-corrected chi connectivity index (χ1v) is 9.88. The molecular weight excluding hydrogens is 326 g/mol. The Labute approximate surface area is 157 Å². The Morgan fingerprint density at radius 1 is 1.27 bits per heavy atom. The number of carbonyl (C=O) groups excluding carboxylic acids is 1. The summed E-state index contributed by atoms with van der Waals surface area (Å²) in [6.07, 6.45) is 3.73. The fourth-order valence-electron chi connectivity index (χ4n) is 5.25. The average Bonchev–Trinajstić information content (AvgIpc) is 2.80. The molecule has 144 valence electrons. The third kappa shape index (κ3) is 4.47. The smallest absolute Gasteiger partial charge is 0.162 e. The maximum absolute atomic E-state index is 11.7. The summed E-state index contributed by atoms with van der Waals surface area (Å²) in [6.45, 7) is 11.0. The summed E-state index contributed by atoms with van der Waals surface area (Å²) in [5.74, 6) is 0.832. The molecule has 1 aromatic carbocycles. The summed E-state index contributed by atoms with van der Waals surface area (Å²) in [6, 6.07) is 7.78. The van der Waals surface area contributed by atoms with Crippen LogP contribution < -0.4 is 4.74 Å². The van der Waals surface area contributed by atoms with Crippen LogP contribution in [-0.2, 0) is 0 Å². The van der Waals surface area contributed by atoms with Crippen molar-refractivity contribution in [3.63, 3.8) is 0 Å². The molecule has 0 spiro atoms. The first kappa shape index (κ1) is 19.4. The molecule has 3 rings (SSSR count). The van der Waals surface area contributed by atoms with Crippen LogP contribution in [0.2, 0.25) is 0 Å². The Morgan fingerprint density at radius 2 is 1.96 bits per heavy atom. The van der Waals surface area contributed by atoms with Gasteiger partial charge < -0.3 is 9.84 Å². The first-order chi connectivity index (χ1) is 12.2. The number of rotatable bonds is 7. The third-order valence-corrected chi connectivity index (χ3v) is 5.91. The quantitative estimate of drug-likeness (QED) is 0.750. The summed E-state index contributed by atoms with van der Waals surface area (Å²) < 4.78 is 5.74. The largest absolute Gasteiger partial charge is 0.491 e. The zero-order valence-electron chi connectivity index (χ0n) is 16.6. The molecular formula is C22H33NO3. The molecule has 1 saturated carbocycles. The lowest BCUT2D eigenvalue weighted by Gasteiger charge is -2.40. The van der Waals surface area contributed by atoms with Gasteiger partial charge in [0.2, 0.25) is 0 Å². The first-order valence-electron chi connectivity index (χ1n) is 9.88. The molecule has 0 radical (unpaired) electrons. The SMILES string of the molecule is CCC(=O)c1ccc(OC[C@H](O)CN2C[C@@]3(C)C[C@H]2CC(C)(C)C3)cc1. The van der Waals surface area contributed by atoms with E-state index in [2.05, 4.69) is 25.7 Å². The lowest BCUT2D eigenvalue weighted by atomic mass is 9.65. The van der Waals surface area contributed by atoms with Crippen molar-refractivity contribution < 1.29 is 14.6 Å². The van der Waals surface area contributed by atoms with Crippen LogP contribution in [0.25, 0.3) is 0 Å². The molecule has 1 N–H and O–H groups in total. The van der Waals surface area contributed by atoms with E-state index in [1.54, 1.807) is 12.1 Å². The topological polar surface area (TPSA) is 49.8 Å². The number of hydrogen-bond donors (Lipinski definition) is 1. The second-order valence-electron chi connectivity index (χ2n) is 9.41. The fourth-order valence-corrected chi connectivity index (χ4v) is 5.25. The van der Waals surface area contributed by atoms with Gasteiger partial charge in [0.15, 0.2) is 5.78 Å². The zero-order chi connectivity index (χ0) is 18.9. The van der Waals surface area contributed by atoms with Crippen LogP contribution in [0, 0.1) is 10.8 Å². The summed E-state index contributed by atoms with van der Waals surface area (Å²) in [4.78, 5) is 14.1. The molecule has 2 aliphatic rings. The summed E-state index contributed by atoms with van der Waals surface area (Å²) in [5.41, 5.74) is 1.49. The van der Waals surface area contributed by atoms with E-state index in [0.29, 0.717) is 41.2 Å². The minimum absolute atomic E-state index is 0.133. The van der Waals surface area contributed by atoms with E-state index in [9.17, 15) is 9.90 Å². The summed E-state index contributed by atoms with van der Waals surface area (Å²) >= 11 is 0. The zero-order valence-corrected chi connectivity index (χ0v) is 16.6. The standard InChI is InChI=1S/C22H33NO3/c1-5-20(25)16-6-8-19(9-7-16)26-13-18(24)12-23-15-22(4)11-17(23)10-21(2,3)14-22/h6-9,17-18,24H,5,10-15H2,1-4H3/t17-,18-,22+/m1/s1. The van der Waals surface area contributed by atoms with Crippen LogP contribution in [0.4, 0.5) is 0 Å². The number of fused-ring (bicyclic) bond motifs is 2. The van der Waals surface area contributed by atoms with Gasteiger partial charge in [-0.1, -0.05) is 27.7 Å². The Balaban J connectivity index is 1.50. The molecule has 0 unspecified atom stereocenters. The molecule has 1 heterocycles. The number of Topliss-reactive ketones (excluding diaryl/α,β-unsaturated/α-hetero) is 1. The van der Waals surface area contributed by atoms with Crippen molar-refractivity contribution in [2.24, 2.45) is 10.8 Å². The number of benzene rings is 1. The molecule has 4 nitrogen and oxygen atoms in total. The minimum atomic E-state index is -0.502. The molecule has 1 saturated heterocycles. The van der Waals surface area contributed by atoms with Gasteiger partial charge in [0.1, 0.15) is 18.5 Å². The third-order valence-electron chi connectivity index (χ3n) is 5.91. The molecule has 26 heavy (non-hydrogen) atoms. The van der Waals surface area contributed by atoms with Crippen molar-refractivity contribution in [1.82, 2.24) is 4.90 Å². The van der Waals surface area contributed by atoms with Gasteiger partial charge >= 0.3 is 0 Å². The van der Waals surface area contributed by atoms with Crippen LogP contribution in [0.3, 0.4) is 0 Å². The summed E-state index contributed by atoms with van der Waals surface area (Å²) in [7, 11) is 0. The molecule has 2 bridgehead atoms. The van der Waals surface area contributed by atoms with Crippen molar-refractivity contribution in [2.75, 3.05) is 19.7 Å². The second-order valence-corrected chi connectivity index (χ2v) is 9.41. The van der Waals surface area contributed by atoms with E-state index in [4.69, 9.17) is 4.74 Å². The number of ketones is 1. The highest BCUT2D eigenvalue weighted by Crippen LogP contribution is 2.52. The normalized spacial score (nSPS) is 28.7. The van der Waals surface area contributed by atoms with Crippen molar-refractivity contribution in [2.45, 2.75) is 65.5 Å². The molecule has 0 amide bonds. The van der Waals surface area contributed by atoms with Crippen molar-refractivity contribution in [3.05, 3.63) is 29.8 Å². The highest BCUT2D eigenvalue weighted by Gasteiger charge is 2.49. The van der Waals surface area contributed by atoms with Crippen LogP contribution >= 0.6 is 0 Å². The van der Waals surface area contributed by atoms with E-state index in [-0.39, 0.29) is 12.4 Å². The molecule has 1 aliphatic carbocycles.